The minimum Gasteiger partial charge on any atom is -0.357 e. The van der Waals surface area contributed by atoms with Gasteiger partial charge in [0.15, 0.2) is 0 Å². The maximum absolute atomic E-state index is 4.65. The number of nitrogens with one attached hydrogen (secondary N) is 1. The van der Waals surface area contributed by atoms with Crippen molar-refractivity contribution in [1.29, 1.82) is 0 Å². The Balaban J connectivity index is 2.08. The van der Waals surface area contributed by atoms with E-state index >= 15 is 0 Å². The third-order valence-electron chi connectivity index (χ3n) is 0.449. The van der Waals surface area contributed by atoms with Crippen molar-refractivity contribution in [1.82, 2.24) is 5.32 Å². The molecule has 1 heterocycles. The quantitative estimate of drug-likeness (QED) is 0.430. The fraction of sp³-hybridized carbons (Fsp3) is 0.333. The SMILES string of the molecule is [CH]1CO[CH]N1. The average Bonchev–Trinajstić information content (AvgIpc) is 1.76. The lowest BCUT2D eigenvalue weighted by Crippen LogP contribution is -1.92. The predicted molar refractivity (Wildman–Crippen MR) is 17.7 cm³/mol. The molecule has 0 aliphatic carbocycles. The van der Waals surface area contributed by atoms with E-state index in [1.165, 1.54) is 0 Å². The fourth-order valence-electron chi connectivity index (χ4n) is 0.241. The lowest BCUT2D eigenvalue weighted by atomic mass is 10.7. The maximum atomic E-state index is 4.65. The van der Waals surface area contributed by atoms with Crippen LogP contribution in [0.3, 0.4) is 0 Å². The second kappa shape index (κ2) is 1.38. The summed E-state index contributed by atoms with van der Waals surface area (Å²) in [6.07, 6.45) is 0. The van der Waals surface area contributed by atoms with Gasteiger partial charge in [-0.3, -0.25) is 5.32 Å². The van der Waals surface area contributed by atoms with Gasteiger partial charge in [-0.2, -0.15) is 0 Å². The summed E-state index contributed by atoms with van der Waals surface area (Å²) in [4.78, 5) is 0. The van der Waals surface area contributed by atoms with E-state index in [0.29, 0.717) is 6.61 Å². The van der Waals surface area contributed by atoms with Crippen LogP contribution >= 0.6 is 0 Å². The number of rotatable bonds is 0. The molecule has 1 fully saturated rings. The van der Waals surface area contributed by atoms with Crippen LogP contribution in [0.5, 0.6) is 0 Å². The topological polar surface area (TPSA) is 21.3 Å². The predicted octanol–water partition coefficient (Wildman–Crippen LogP) is -0.113. The summed E-state index contributed by atoms with van der Waals surface area (Å²) in [6, 6.07) is 0. The van der Waals surface area contributed by atoms with Crippen LogP contribution in [0.15, 0.2) is 0 Å². The van der Waals surface area contributed by atoms with E-state index in [-0.39, 0.29) is 0 Å². The van der Waals surface area contributed by atoms with Crippen molar-refractivity contribution in [3.05, 3.63) is 13.3 Å². The smallest absolute Gasteiger partial charge is 0.148 e. The highest BCUT2D eigenvalue weighted by atomic mass is 16.5. The molecule has 0 amide bonds. The average molecular weight is 71.1 g/mol. The van der Waals surface area contributed by atoms with Crippen LogP contribution in [-0.4, -0.2) is 6.61 Å². The highest BCUT2D eigenvalue weighted by Crippen LogP contribution is 1.86. The summed E-state index contributed by atoms with van der Waals surface area (Å²) in [6.45, 7) is 4.10. The number of ether oxygens (including phenoxy) is 1. The third-order valence-corrected chi connectivity index (χ3v) is 0.449. The van der Waals surface area contributed by atoms with Crippen molar-refractivity contribution in [3.8, 4) is 0 Å². The first-order chi connectivity index (χ1) is 2.50. The summed E-state index contributed by atoms with van der Waals surface area (Å²) in [5, 5.41) is 2.75. The normalized spacial score (nSPS) is 24.0. The van der Waals surface area contributed by atoms with Crippen LogP contribution in [0.2, 0.25) is 0 Å². The first-order valence-electron chi connectivity index (χ1n) is 1.51. The summed E-state index contributed by atoms with van der Waals surface area (Å²) >= 11 is 0. The van der Waals surface area contributed by atoms with Crippen LogP contribution in [0.25, 0.3) is 0 Å². The van der Waals surface area contributed by atoms with Crippen molar-refractivity contribution in [3.63, 3.8) is 0 Å². The van der Waals surface area contributed by atoms with E-state index < -0.39 is 0 Å². The lowest BCUT2D eigenvalue weighted by molar-refractivity contribution is 0.260. The highest BCUT2D eigenvalue weighted by Gasteiger charge is 1.94. The molecule has 5 heavy (non-hydrogen) atoms. The molecule has 2 nitrogen and oxygen atoms in total. The van der Waals surface area contributed by atoms with Gasteiger partial charge in [-0.25, -0.2) is 0 Å². The Morgan fingerprint density at radius 2 is 2.80 bits per heavy atom. The zero-order chi connectivity index (χ0) is 3.54. The molecular formula is C3H5NO. The van der Waals surface area contributed by atoms with Gasteiger partial charge in [0.25, 0.3) is 0 Å². The molecule has 1 rings (SSSR count). The molecule has 1 aliphatic rings. The Labute approximate surface area is 31.1 Å². The molecule has 1 saturated heterocycles. The zero-order valence-corrected chi connectivity index (χ0v) is 2.77. The van der Waals surface area contributed by atoms with Crippen LogP contribution < -0.4 is 5.32 Å². The van der Waals surface area contributed by atoms with Gasteiger partial charge in [0.2, 0.25) is 0 Å². The monoisotopic (exact) mass is 71.0 g/mol. The van der Waals surface area contributed by atoms with Gasteiger partial charge in [0.05, 0.1) is 13.2 Å². The second-order valence-electron chi connectivity index (χ2n) is 0.822. The highest BCUT2D eigenvalue weighted by molar-refractivity contribution is 4.69. The van der Waals surface area contributed by atoms with Crippen LogP contribution in [-0.2, 0) is 4.74 Å². The second-order valence-corrected chi connectivity index (χ2v) is 0.822. The van der Waals surface area contributed by atoms with Gasteiger partial charge >= 0.3 is 0 Å². The zero-order valence-electron chi connectivity index (χ0n) is 2.77. The third kappa shape index (κ3) is 0.597. The van der Waals surface area contributed by atoms with E-state index in [2.05, 4.69) is 10.1 Å². The molecule has 0 atom stereocenters. The maximum Gasteiger partial charge on any atom is 0.148 e. The van der Waals surface area contributed by atoms with E-state index in [1.807, 2.05) is 6.54 Å². The summed E-state index contributed by atoms with van der Waals surface area (Å²) in [7, 11) is 0. The van der Waals surface area contributed by atoms with E-state index in [1.54, 1.807) is 6.73 Å². The molecule has 0 bridgehead atoms. The van der Waals surface area contributed by atoms with Gasteiger partial charge in [-0.05, 0) is 0 Å². The summed E-state index contributed by atoms with van der Waals surface area (Å²) in [5.41, 5.74) is 0. The van der Waals surface area contributed by atoms with Crippen molar-refractivity contribution >= 4 is 0 Å². The first kappa shape index (κ1) is 3.12. The minimum absolute atomic E-state index is 0.708. The molecular weight excluding hydrogens is 66.0 g/mol. The molecule has 0 saturated carbocycles. The number of hydrogen-bond donors (Lipinski definition) is 1. The first-order valence-corrected chi connectivity index (χ1v) is 1.51. The van der Waals surface area contributed by atoms with Crippen molar-refractivity contribution in [2.75, 3.05) is 6.61 Å². The molecule has 28 valence electrons. The molecule has 0 aromatic heterocycles. The molecule has 2 heteroatoms. The molecule has 0 spiro atoms. The van der Waals surface area contributed by atoms with Gasteiger partial charge < -0.3 is 4.74 Å². The van der Waals surface area contributed by atoms with Crippen molar-refractivity contribution < 1.29 is 4.74 Å². The van der Waals surface area contributed by atoms with Crippen LogP contribution in [0.1, 0.15) is 0 Å². The van der Waals surface area contributed by atoms with Gasteiger partial charge in [0.1, 0.15) is 6.73 Å². The Morgan fingerprint density at radius 3 is 3.00 bits per heavy atom. The fourth-order valence-corrected chi connectivity index (χ4v) is 0.241. The van der Waals surface area contributed by atoms with E-state index in [0.717, 1.165) is 0 Å². The van der Waals surface area contributed by atoms with Crippen molar-refractivity contribution in [2.45, 2.75) is 0 Å². The lowest BCUT2D eigenvalue weighted by Gasteiger charge is -1.74. The Hall–Kier alpha value is -0.0800. The van der Waals surface area contributed by atoms with Crippen LogP contribution in [0, 0.1) is 13.3 Å². The molecule has 0 aromatic rings. The minimum atomic E-state index is 0.708. The summed E-state index contributed by atoms with van der Waals surface area (Å²) in [5.74, 6) is 0. The Bertz CT molecular complexity index is 18.5. The molecule has 0 aromatic carbocycles. The standard InChI is InChI=1S/C3H5NO/c1-2-5-3-4-1/h1,3-4H,2H2. The van der Waals surface area contributed by atoms with Gasteiger partial charge in [0, 0.05) is 0 Å². The largest absolute Gasteiger partial charge is 0.357 e. The van der Waals surface area contributed by atoms with Gasteiger partial charge in [-0.1, -0.05) is 0 Å². The number of hydrogen-bond acceptors (Lipinski definition) is 2. The van der Waals surface area contributed by atoms with Gasteiger partial charge in [-0.15, -0.1) is 0 Å². The Morgan fingerprint density at radius 1 is 1.80 bits per heavy atom. The van der Waals surface area contributed by atoms with E-state index in [9.17, 15) is 0 Å². The molecule has 1 aliphatic heterocycles. The molecule has 2 radical (unpaired) electrons. The summed E-state index contributed by atoms with van der Waals surface area (Å²) < 4.78 is 4.65. The molecule has 0 unspecified atom stereocenters. The molecule has 1 N–H and O–H groups in total. The van der Waals surface area contributed by atoms with Crippen LogP contribution in [0.4, 0.5) is 0 Å². The van der Waals surface area contributed by atoms with Crippen molar-refractivity contribution in [2.24, 2.45) is 0 Å². The van der Waals surface area contributed by atoms with E-state index in [4.69, 9.17) is 0 Å². The Kier molecular flexibility index (Phi) is 0.862.